The zero-order valence-corrected chi connectivity index (χ0v) is 14.2. The Labute approximate surface area is 141 Å². The molecule has 0 bridgehead atoms. The molecule has 3 heterocycles. The number of aryl methyl sites for hydroxylation is 2. The third-order valence-corrected chi connectivity index (χ3v) is 4.44. The van der Waals surface area contributed by atoms with Crippen LogP contribution in [0.25, 0.3) is 0 Å². The van der Waals surface area contributed by atoms with Crippen molar-refractivity contribution in [2.24, 2.45) is 0 Å². The second kappa shape index (κ2) is 7.42. The number of rotatable bonds is 5. The molecule has 3 rings (SSSR count). The summed E-state index contributed by atoms with van der Waals surface area (Å²) >= 11 is 0. The largest absolute Gasteiger partial charge is 0.472 e. The molecular formula is C17H23N5O2. The van der Waals surface area contributed by atoms with Gasteiger partial charge in [-0.15, -0.1) is 0 Å². The van der Waals surface area contributed by atoms with E-state index >= 15 is 0 Å². The van der Waals surface area contributed by atoms with E-state index in [0.29, 0.717) is 18.8 Å². The summed E-state index contributed by atoms with van der Waals surface area (Å²) in [5, 5.41) is 7.15. The number of hydrogen-bond acceptors (Lipinski definition) is 5. The Hall–Kier alpha value is -2.44. The average molecular weight is 329 g/mol. The van der Waals surface area contributed by atoms with Crippen molar-refractivity contribution in [3.8, 4) is 5.88 Å². The lowest BCUT2D eigenvalue weighted by molar-refractivity contribution is -0.133. The van der Waals surface area contributed by atoms with Crippen molar-refractivity contribution in [2.45, 2.75) is 45.6 Å². The van der Waals surface area contributed by atoms with E-state index in [2.05, 4.69) is 20.2 Å². The van der Waals surface area contributed by atoms with Gasteiger partial charge in [-0.3, -0.25) is 9.89 Å². The Kier molecular flexibility index (Phi) is 5.08. The van der Waals surface area contributed by atoms with Gasteiger partial charge in [0.15, 0.2) is 0 Å². The highest BCUT2D eigenvalue weighted by Crippen LogP contribution is 2.18. The highest BCUT2D eigenvalue weighted by Gasteiger charge is 2.25. The summed E-state index contributed by atoms with van der Waals surface area (Å²) in [6, 6.07) is 1.74. The van der Waals surface area contributed by atoms with Crippen molar-refractivity contribution >= 4 is 5.91 Å². The van der Waals surface area contributed by atoms with Crippen LogP contribution in [-0.4, -0.2) is 50.2 Å². The van der Waals surface area contributed by atoms with Gasteiger partial charge in [0.1, 0.15) is 12.4 Å². The fourth-order valence-electron chi connectivity index (χ4n) is 3.11. The van der Waals surface area contributed by atoms with Crippen molar-refractivity contribution < 1.29 is 9.53 Å². The molecule has 1 amide bonds. The molecule has 24 heavy (non-hydrogen) atoms. The van der Waals surface area contributed by atoms with Gasteiger partial charge in [0.05, 0.1) is 12.2 Å². The van der Waals surface area contributed by atoms with E-state index in [4.69, 9.17) is 4.74 Å². The maximum Gasteiger partial charge on any atom is 0.223 e. The van der Waals surface area contributed by atoms with Crippen LogP contribution in [0, 0.1) is 13.8 Å². The summed E-state index contributed by atoms with van der Waals surface area (Å²) in [4.78, 5) is 22.4. The van der Waals surface area contributed by atoms with E-state index in [-0.39, 0.29) is 12.0 Å². The first kappa shape index (κ1) is 16.4. The fourth-order valence-corrected chi connectivity index (χ4v) is 3.11. The summed E-state index contributed by atoms with van der Waals surface area (Å²) in [5.41, 5.74) is 3.17. The van der Waals surface area contributed by atoms with Crippen LogP contribution in [0.15, 0.2) is 18.6 Å². The van der Waals surface area contributed by atoms with Gasteiger partial charge in [0.2, 0.25) is 11.8 Å². The first-order valence-electron chi connectivity index (χ1n) is 8.34. The van der Waals surface area contributed by atoms with Crippen LogP contribution in [0.5, 0.6) is 5.88 Å². The molecule has 1 aliphatic heterocycles. The molecule has 2 aromatic rings. The smallest absolute Gasteiger partial charge is 0.223 e. The van der Waals surface area contributed by atoms with E-state index in [1.165, 1.54) is 6.33 Å². The minimum Gasteiger partial charge on any atom is -0.472 e. The third-order valence-electron chi connectivity index (χ3n) is 4.44. The van der Waals surface area contributed by atoms with Gasteiger partial charge in [-0.1, -0.05) is 0 Å². The number of carbonyl (C=O) groups is 1. The first-order valence-corrected chi connectivity index (χ1v) is 8.34. The summed E-state index contributed by atoms with van der Waals surface area (Å²) in [5.74, 6) is 0.736. The molecule has 1 saturated heterocycles. The molecule has 7 nitrogen and oxygen atoms in total. The lowest BCUT2D eigenvalue weighted by atomic mass is 10.0. The van der Waals surface area contributed by atoms with Gasteiger partial charge in [-0.25, -0.2) is 9.97 Å². The van der Waals surface area contributed by atoms with Crippen molar-refractivity contribution in [3.05, 3.63) is 35.5 Å². The highest BCUT2D eigenvalue weighted by molar-refractivity contribution is 5.76. The molecule has 0 unspecified atom stereocenters. The van der Waals surface area contributed by atoms with Crippen LogP contribution >= 0.6 is 0 Å². The second-order valence-electron chi connectivity index (χ2n) is 6.18. The Morgan fingerprint density at radius 2 is 2.33 bits per heavy atom. The number of H-pyrrole nitrogens is 1. The third kappa shape index (κ3) is 3.90. The number of piperidine rings is 1. The number of aromatic nitrogens is 4. The number of ether oxygens (including phenoxy) is 1. The van der Waals surface area contributed by atoms with Crippen LogP contribution < -0.4 is 4.74 Å². The molecule has 1 atom stereocenters. The number of carbonyl (C=O) groups excluding carboxylic acids is 1. The molecule has 1 N–H and O–H groups in total. The second-order valence-corrected chi connectivity index (χ2v) is 6.18. The number of nitrogens with one attached hydrogen (secondary N) is 1. The summed E-state index contributed by atoms with van der Waals surface area (Å²) in [7, 11) is 0. The first-order chi connectivity index (χ1) is 11.6. The normalized spacial score (nSPS) is 17.8. The number of nitrogens with zero attached hydrogens (tertiary/aromatic N) is 4. The number of amides is 1. The highest BCUT2D eigenvalue weighted by atomic mass is 16.5. The SMILES string of the molecule is Cc1n[nH]c(C)c1CCC(=O)N1CCC[C@H](Oc2ccncn2)C1. The van der Waals surface area contributed by atoms with Crippen molar-refractivity contribution in [1.82, 2.24) is 25.1 Å². The summed E-state index contributed by atoms with van der Waals surface area (Å²) in [6.45, 7) is 5.38. The van der Waals surface area contributed by atoms with E-state index in [9.17, 15) is 4.79 Å². The molecule has 128 valence electrons. The molecule has 0 spiro atoms. The quantitative estimate of drug-likeness (QED) is 0.904. The molecule has 7 heteroatoms. The van der Waals surface area contributed by atoms with E-state index in [0.717, 1.165) is 42.8 Å². The van der Waals surface area contributed by atoms with Gasteiger partial charge in [-0.2, -0.15) is 5.10 Å². The monoisotopic (exact) mass is 329 g/mol. The van der Waals surface area contributed by atoms with Gasteiger partial charge in [-0.05, 0) is 38.7 Å². The zero-order chi connectivity index (χ0) is 16.9. The van der Waals surface area contributed by atoms with Crippen molar-refractivity contribution in [2.75, 3.05) is 13.1 Å². The molecule has 1 aliphatic rings. The van der Waals surface area contributed by atoms with Gasteiger partial charge in [0.25, 0.3) is 0 Å². The van der Waals surface area contributed by atoms with E-state index in [1.807, 2.05) is 18.7 Å². The molecule has 0 aromatic carbocycles. The Morgan fingerprint density at radius 3 is 3.04 bits per heavy atom. The summed E-state index contributed by atoms with van der Waals surface area (Å²) in [6.07, 6.45) is 6.23. The maximum atomic E-state index is 12.5. The lowest BCUT2D eigenvalue weighted by Gasteiger charge is -2.32. The predicted octanol–water partition coefficient (Wildman–Crippen LogP) is 1.82. The van der Waals surface area contributed by atoms with Gasteiger partial charge in [0, 0.05) is 30.9 Å². The van der Waals surface area contributed by atoms with Crippen LogP contribution in [0.3, 0.4) is 0 Å². The Morgan fingerprint density at radius 1 is 1.46 bits per heavy atom. The predicted molar refractivity (Wildman–Crippen MR) is 88.6 cm³/mol. The van der Waals surface area contributed by atoms with Crippen LogP contribution in [0.2, 0.25) is 0 Å². The number of likely N-dealkylation sites (tertiary alicyclic amines) is 1. The maximum absolute atomic E-state index is 12.5. The number of hydrogen-bond donors (Lipinski definition) is 1. The molecular weight excluding hydrogens is 306 g/mol. The van der Waals surface area contributed by atoms with Crippen molar-refractivity contribution in [3.63, 3.8) is 0 Å². The molecule has 0 aliphatic carbocycles. The fraction of sp³-hybridized carbons (Fsp3) is 0.529. The minimum atomic E-state index is -0.00463. The molecule has 2 aromatic heterocycles. The van der Waals surface area contributed by atoms with E-state index < -0.39 is 0 Å². The van der Waals surface area contributed by atoms with Crippen LogP contribution in [0.4, 0.5) is 0 Å². The molecule has 0 radical (unpaired) electrons. The standard InChI is InChI=1S/C17H23N5O2/c1-12-15(13(2)21-20-12)5-6-17(23)22-9-3-4-14(10-22)24-16-7-8-18-11-19-16/h7-8,11,14H,3-6,9-10H2,1-2H3,(H,20,21)/t14-/m0/s1. The van der Waals surface area contributed by atoms with Crippen molar-refractivity contribution in [1.29, 1.82) is 0 Å². The van der Waals surface area contributed by atoms with Gasteiger partial charge >= 0.3 is 0 Å². The summed E-state index contributed by atoms with van der Waals surface area (Å²) < 4.78 is 5.86. The zero-order valence-electron chi connectivity index (χ0n) is 14.2. The van der Waals surface area contributed by atoms with Gasteiger partial charge < -0.3 is 9.64 Å². The molecule has 1 fully saturated rings. The average Bonchev–Trinajstić information content (AvgIpc) is 2.92. The Balaban J connectivity index is 1.53. The minimum absolute atomic E-state index is 0.00463. The Bertz CT molecular complexity index is 666. The topological polar surface area (TPSA) is 84.0 Å². The number of aromatic amines is 1. The van der Waals surface area contributed by atoms with Crippen LogP contribution in [0.1, 0.15) is 36.2 Å². The lowest BCUT2D eigenvalue weighted by Crippen LogP contribution is -2.44. The van der Waals surface area contributed by atoms with E-state index in [1.54, 1.807) is 12.3 Å². The molecule has 0 saturated carbocycles. The van der Waals surface area contributed by atoms with Crippen LogP contribution in [-0.2, 0) is 11.2 Å².